The highest BCUT2D eigenvalue weighted by Crippen LogP contribution is 2.24. The van der Waals surface area contributed by atoms with Crippen LogP contribution < -0.4 is 4.31 Å². The molecule has 1 heterocycles. The Morgan fingerprint density at radius 3 is 2.38 bits per heavy atom. The Bertz CT molecular complexity index is 770. The fraction of sp³-hybridized carbons (Fsp3) is 0.143. The van der Waals surface area contributed by atoms with Crippen molar-refractivity contribution in [1.29, 1.82) is 0 Å². The van der Waals surface area contributed by atoms with Gasteiger partial charge in [-0.05, 0) is 30.7 Å². The maximum absolute atomic E-state index is 12.5. The zero-order chi connectivity index (χ0) is 15.6. The second-order valence-corrected chi connectivity index (χ2v) is 6.37. The molecule has 1 aromatic carbocycles. The van der Waals surface area contributed by atoms with Gasteiger partial charge in [-0.2, -0.15) is 8.42 Å². The van der Waals surface area contributed by atoms with E-state index in [1.165, 1.54) is 19.2 Å². The Hall–Kier alpha value is -2.41. The van der Waals surface area contributed by atoms with E-state index in [0.29, 0.717) is 5.69 Å². The molecule has 1 N–H and O–H groups in total. The van der Waals surface area contributed by atoms with Gasteiger partial charge >= 0.3 is 5.97 Å². The van der Waals surface area contributed by atoms with Crippen LogP contribution in [0.4, 0.5) is 5.69 Å². The molecule has 0 radical (unpaired) electrons. The topological polar surface area (TPSA) is 87.6 Å². The maximum Gasteiger partial charge on any atom is 0.337 e. The van der Waals surface area contributed by atoms with Gasteiger partial charge in [0.1, 0.15) is 0 Å². The van der Waals surface area contributed by atoms with E-state index in [0.717, 1.165) is 16.1 Å². The first-order valence-corrected chi connectivity index (χ1v) is 7.52. The van der Waals surface area contributed by atoms with Gasteiger partial charge in [0.2, 0.25) is 0 Å². The van der Waals surface area contributed by atoms with Crippen LogP contribution >= 0.6 is 0 Å². The van der Waals surface area contributed by atoms with Gasteiger partial charge in [0.15, 0.2) is 5.03 Å². The summed E-state index contributed by atoms with van der Waals surface area (Å²) in [5.41, 5.74) is 1.29. The molecule has 0 bridgehead atoms. The minimum atomic E-state index is -3.83. The average molecular weight is 306 g/mol. The standard InChI is InChI=1S/C14H14N2O4S/c1-10-5-3-4-6-12(10)16(2)21(19,20)13-8-7-11(9-15-13)14(17)18/h3-9H,1-2H3,(H,17,18). The number of hydrogen-bond acceptors (Lipinski definition) is 4. The molecule has 6 nitrogen and oxygen atoms in total. The lowest BCUT2D eigenvalue weighted by Gasteiger charge is -2.20. The molecule has 0 spiro atoms. The summed E-state index contributed by atoms with van der Waals surface area (Å²) in [7, 11) is -2.39. The first-order chi connectivity index (χ1) is 9.84. The van der Waals surface area contributed by atoms with E-state index in [-0.39, 0.29) is 10.6 Å². The van der Waals surface area contributed by atoms with Crippen molar-refractivity contribution in [2.75, 3.05) is 11.4 Å². The summed E-state index contributed by atoms with van der Waals surface area (Å²) in [6, 6.07) is 9.47. The number of benzene rings is 1. The average Bonchev–Trinajstić information content (AvgIpc) is 2.47. The Labute approximate surface area is 122 Å². The van der Waals surface area contributed by atoms with E-state index in [1.54, 1.807) is 12.1 Å². The Balaban J connectivity index is 2.42. The second kappa shape index (κ2) is 5.53. The third kappa shape index (κ3) is 2.87. The number of hydrogen-bond donors (Lipinski definition) is 1. The van der Waals surface area contributed by atoms with Crippen LogP contribution in [-0.4, -0.2) is 31.5 Å². The lowest BCUT2D eigenvalue weighted by Crippen LogP contribution is -2.28. The molecule has 0 aliphatic heterocycles. The van der Waals surface area contributed by atoms with E-state index in [1.807, 2.05) is 19.1 Å². The molecule has 2 rings (SSSR count). The molecule has 7 heteroatoms. The molecule has 0 fully saturated rings. The monoisotopic (exact) mass is 306 g/mol. The van der Waals surface area contributed by atoms with Gasteiger partial charge in [0.05, 0.1) is 11.3 Å². The molecule has 0 atom stereocenters. The molecule has 0 saturated heterocycles. The van der Waals surface area contributed by atoms with Gasteiger partial charge < -0.3 is 5.11 Å². The molecule has 0 unspecified atom stereocenters. The van der Waals surface area contributed by atoms with Crippen molar-refractivity contribution in [2.45, 2.75) is 11.9 Å². The number of aromatic carboxylic acids is 1. The quantitative estimate of drug-likeness (QED) is 0.932. The fourth-order valence-electron chi connectivity index (χ4n) is 1.85. The summed E-state index contributed by atoms with van der Waals surface area (Å²) >= 11 is 0. The van der Waals surface area contributed by atoms with Crippen molar-refractivity contribution >= 4 is 21.7 Å². The van der Waals surface area contributed by atoms with Crippen LogP contribution in [0.2, 0.25) is 0 Å². The van der Waals surface area contributed by atoms with Crippen molar-refractivity contribution in [3.05, 3.63) is 53.7 Å². The highest BCUT2D eigenvalue weighted by atomic mass is 32.2. The second-order valence-electron chi connectivity index (χ2n) is 4.45. The summed E-state index contributed by atoms with van der Waals surface area (Å²) in [6.45, 7) is 1.81. The number of aromatic nitrogens is 1. The molecular weight excluding hydrogens is 292 g/mol. The Kier molecular flexibility index (Phi) is 3.95. The van der Waals surface area contributed by atoms with Crippen LogP contribution in [0.15, 0.2) is 47.6 Å². The normalized spacial score (nSPS) is 11.1. The first-order valence-electron chi connectivity index (χ1n) is 6.08. The number of carbonyl (C=O) groups is 1. The molecule has 0 aliphatic carbocycles. The third-order valence-electron chi connectivity index (χ3n) is 3.06. The maximum atomic E-state index is 12.5. The number of pyridine rings is 1. The Morgan fingerprint density at radius 1 is 1.19 bits per heavy atom. The number of nitrogens with zero attached hydrogens (tertiary/aromatic N) is 2. The van der Waals surface area contributed by atoms with Crippen molar-refractivity contribution < 1.29 is 18.3 Å². The fourth-order valence-corrected chi connectivity index (χ4v) is 3.02. The van der Waals surface area contributed by atoms with Crippen LogP contribution in [0.5, 0.6) is 0 Å². The molecule has 0 saturated carbocycles. The van der Waals surface area contributed by atoms with Crippen LogP contribution in [-0.2, 0) is 10.0 Å². The lowest BCUT2D eigenvalue weighted by molar-refractivity contribution is 0.0696. The summed E-state index contributed by atoms with van der Waals surface area (Å²) < 4.78 is 26.1. The van der Waals surface area contributed by atoms with Gasteiger partial charge in [-0.3, -0.25) is 4.31 Å². The molecule has 0 aliphatic rings. The predicted molar refractivity (Wildman–Crippen MR) is 78.0 cm³/mol. The molecule has 2 aromatic rings. The number of carboxylic acids is 1. The number of anilines is 1. The number of rotatable bonds is 4. The van der Waals surface area contributed by atoms with E-state index in [4.69, 9.17) is 5.11 Å². The van der Waals surface area contributed by atoms with E-state index < -0.39 is 16.0 Å². The number of para-hydroxylation sites is 1. The Morgan fingerprint density at radius 2 is 1.86 bits per heavy atom. The third-order valence-corrected chi connectivity index (χ3v) is 4.75. The van der Waals surface area contributed by atoms with E-state index >= 15 is 0 Å². The molecule has 110 valence electrons. The molecule has 0 amide bonds. The van der Waals surface area contributed by atoms with Gasteiger partial charge in [-0.25, -0.2) is 9.78 Å². The van der Waals surface area contributed by atoms with Crippen molar-refractivity contribution in [3.63, 3.8) is 0 Å². The lowest BCUT2D eigenvalue weighted by atomic mass is 10.2. The summed E-state index contributed by atoms with van der Waals surface area (Å²) in [5, 5.41) is 8.61. The van der Waals surface area contributed by atoms with Gasteiger partial charge in [0.25, 0.3) is 10.0 Å². The van der Waals surface area contributed by atoms with Crippen LogP contribution in [0.1, 0.15) is 15.9 Å². The van der Waals surface area contributed by atoms with Crippen molar-refractivity contribution in [3.8, 4) is 0 Å². The van der Waals surface area contributed by atoms with E-state index in [2.05, 4.69) is 4.98 Å². The highest BCUT2D eigenvalue weighted by molar-refractivity contribution is 7.92. The SMILES string of the molecule is Cc1ccccc1N(C)S(=O)(=O)c1ccc(C(=O)O)cn1. The zero-order valence-electron chi connectivity index (χ0n) is 11.5. The van der Waals surface area contributed by atoms with Crippen molar-refractivity contribution in [1.82, 2.24) is 4.98 Å². The minimum Gasteiger partial charge on any atom is -0.478 e. The highest BCUT2D eigenvalue weighted by Gasteiger charge is 2.23. The zero-order valence-corrected chi connectivity index (χ0v) is 12.3. The number of aryl methyl sites for hydroxylation is 1. The number of sulfonamides is 1. The first kappa shape index (κ1) is 15.0. The largest absolute Gasteiger partial charge is 0.478 e. The summed E-state index contributed by atoms with van der Waals surface area (Å²) in [4.78, 5) is 14.5. The van der Waals surface area contributed by atoms with Gasteiger partial charge in [0, 0.05) is 13.2 Å². The molecular formula is C14H14N2O4S. The summed E-state index contributed by atoms with van der Waals surface area (Å²) in [6.07, 6.45) is 1.03. The smallest absolute Gasteiger partial charge is 0.337 e. The van der Waals surface area contributed by atoms with Crippen LogP contribution in [0, 0.1) is 6.92 Å². The van der Waals surface area contributed by atoms with Crippen LogP contribution in [0.3, 0.4) is 0 Å². The summed E-state index contributed by atoms with van der Waals surface area (Å²) in [5.74, 6) is -1.15. The van der Waals surface area contributed by atoms with Crippen LogP contribution in [0.25, 0.3) is 0 Å². The molecule has 1 aromatic heterocycles. The van der Waals surface area contributed by atoms with Crippen molar-refractivity contribution in [2.24, 2.45) is 0 Å². The minimum absolute atomic E-state index is 0.0625. The predicted octanol–water partition coefficient (Wildman–Crippen LogP) is 1.91. The van der Waals surface area contributed by atoms with Gasteiger partial charge in [-0.15, -0.1) is 0 Å². The van der Waals surface area contributed by atoms with Gasteiger partial charge in [-0.1, -0.05) is 18.2 Å². The molecule has 21 heavy (non-hydrogen) atoms. The number of carboxylic acid groups (broad SMARTS) is 1. The van der Waals surface area contributed by atoms with E-state index in [9.17, 15) is 13.2 Å².